The number of nitrogens with one attached hydrogen (secondary N) is 1. The summed E-state index contributed by atoms with van der Waals surface area (Å²) in [5.41, 5.74) is 3.56. The summed E-state index contributed by atoms with van der Waals surface area (Å²) in [7, 11) is 0. The van der Waals surface area contributed by atoms with Gasteiger partial charge in [-0.2, -0.15) is 0 Å². The van der Waals surface area contributed by atoms with Crippen molar-refractivity contribution >= 4 is 16.8 Å². The Labute approximate surface area is 176 Å². The van der Waals surface area contributed by atoms with Gasteiger partial charge in [-0.1, -0.05) is 85.8 Å². The number of hydrogen-bond donors (Lipinski definition) is 1. The molecule has 1 atom stereocenters. The quantitative estimate of drug-likeness (QED) is 0.458. The van der Waals surface area contributed by atoms with Gasteiger partial charge in [0.1, 0.15) is 6.61 Å². The van der Waals surface area contributed by atoms with E-state index in [1.54, 1.807) is 6.07 Å². The molecule has 1 unspecified atom stereocenters. The van der Waals surface area contributed by atoms with E-state index in [1.807, 2.05) is 72.8 Å². The van der Waals surface area contributed by atoms with Gasteiger partial charge in [0.25, 0.3) is 5.91 Å². The molecule has 0 bridgehead atoms. The van der Waals surface area contributed by atoms with E-state index in [9.17, 15) is 4.79 Å². The third-order valence-corrected chi connectivity index (χ3v) is 5.10. The van der Waals surface area contributed by atoms with Crippen LogP contribution in [0.4, 0.5) is 0 Å². The average Bonchev–Trinajstić information content (AvgIpc) is 2.81. The molecule has 3 aromatic carbocycles. The molecule has 4 heteroatoms. The molecule has 0 saturated heterocycles. The van der Waals surface area contributed by atoms with Gasteiger partial charge in [-0.05, 0) is 23.1 Å². The first-order chi connectivity index (χ1) is 14.7. The van der Waals surface area contributed by atoms with E-state index < -0.39 is 0 Å². The van der Waals surface area contributed by atoms with Crippen LogP contribution in [0.2, 0.25) is 0 Å². The minimum absolute atomic E-state index is 0.124. The second-order valence-electron chi connectivity index (χ2n) is 7.32. The van der Waals surface area contributed by atoms with E-state index in [-0.39, 0.29) is 11.8 Å². The number of fused-ring (bicyclic) bond motifs is 1. The van der Waals surface area contributed by atoms with Gasteiger partial charge in [-0.25, -0.2) is 4.98 Å². The van der Waals surface area contributed by atoms with Gasteiger partial charge in [0.15, 0.2) is 0 Å². The first-order valence-corrected chi connectivity index (χ1v) is 10.1. The monoisotopic (exact) mass is 396 g/mol. The maximum Gasteiger partial charge on any atom is 0.252 e. The number of amides is 1. The predicted octanol–water partition coefficient (Wildman–Crippen LogP) is 5.35. The van der Waals surface area contributed by atoms with Gasteiger partial charge in [-0.3, -0.25) is 4.79 Å². The lowest BCUT2D eigenvalue weighted by Crippen LogP contribution is -2.27. The molecule has 0 aliphatic carbocycles. The number of aromatic nitrogens is 1. The summed E-state index contributed by atoms with van der Waals surface area (Å²) >= 11 is 0. The van der Waals surface area contributed by atoms with Crippen LogP contribution >= 0.6 is 0 Å². The smallest absolute Gasteiger partial charge is 0.252 e. The van der Waals surface area contributed by atoms with Crippen LogP contribution in [-0.4, -0.2) is 17.4 Å². The average molecular weight is 396 g/mol. The normalized spacial score (nSPS) is 11.8. The number of ether oxygens (including phenoxy) is 1. The highest BCUT2D eigenvalue weighted by molar-refractivity contribution is 6.06. The fourth-order valence-electron chi connectivity index (χ4n) is 3.38. The number of pyridine rings is 1. The molecule has 0 fully saturated rings. The number of carbonyl (C=O) groups is 1. The summed E-state index contributed by atoms with van der Waals surface area (Å²) in [6, 6.07) is 29.5. The van der Waals surface area contributed by atoms with E-state index in [1.165, 1.54) is 5.56 Å². The van der Waals surface area contributed by atoms with Crippen molar-refractivity contribution in [1.29, 1.82) is 0 Å². The molecule has 1 amide bonds. The third kappa shape index (κ3) is 4.66. The van der Waals surface area contributed by atoms with E-state index >= 15 is 0 Å². The molecule has 0 aliphatic heterocycles. The topological polar surface area (TPSA) is 51.2 Å². The Morgan fingerprint density at radius 2 is 1.60 bits per heavy atom. The predicted molar refractivity (Wildman–Crippen MR) is 120 cm³/mol. The Morgan fingerprint density at radius 1 is 0.933 bits per heavy atom. The molecule has 150 valence electrons. The standard InChI is InChI=1S/C26H24N2O2/c1-19(21-12-6-3-7-13-21)17-27-26(29)23-16-25(28-24-15-9-8-14-22(23)24)30-18-20-10-4-2-5-11-20/h2-16,19H,17-18H2,1H3,(H,27,29). The van der Waals surface area contributed by atoms with Crippen molar-refractivity contribution in [2.45, 2.75) is 19.4 Å². The molecular formula is C26H24N2O2. The van der Waals surface area contributed by atoms with Crippen molar-refractivity contribution in [3.63, 3.8) is 0 Å². The highest BCUT2D eigenvalue weighted by atomic mass is 16.5. The van der Waals surface area contributed by atoms with Gasteiger partial charge >= 0.3 is 0 Å². The molecule has 0 spiro atoms. The number of nitrogens with zero attached hydrogens (tertiary/aromatic N) is 1. The molecule has 4 rings (SSSR count). The number of benzene rings is 3. The molecule has 1 N–H and O–H groups in total. The van der Waals surface area contributed by atoms with Gasteiger partial charge in [0.2, 0.25) is 5.88 Å². The Hall–Kier alpha value is -3.66. The summed E-state index contributed by atoms with van der Waals surface area (Å²) < 4.78 is 5.89. The summed E-state index contributed by atoms with van der Waals surface area (Å²) in [6.07, 6.45) is 0. The third-order valence-electron chi connectivity index (χ3n) is 5.10. The molecule has 30 heavy (non-hydrogen) atoms. The van der Waals surface area contributed by atoms with Crippen LogP contribution in [0.1, 0.15) is 34.3 Å². The van der Waals surface area contributed by atoms with Crippen molar-refractivity contribution in [1.82, 2.24) is 10.3 Å². The van der Waals surface area contributed by atoms with E-state index in [0.717, 1.165) is 16.5 Å². The summed E-state index contributed by atoms with van der Waals surface area (Å²) in [6.45, 7) is 3.06. The van der Waals surface area contributed by atoms with Crippen LogP contribution in [0.25, 0.3) is 10.9 Å². The zero-order valence-corrected chi connectivity index (χ0v) is 16.9. The van der Waals surface area contributed by atoms with Crippen LogP contribution in [0.15, 0.2) is 91.0 Å². The zero-order valence-electron chi connectivity index (χ0n) is 16.9. The number of hydrogen-bond acceptors (Lipinski definition) is 3. The van der Waals surface area contributed by atoms with Gasteiger partial charge in [-0.15, -0.1) is 0 Å². The van der Waals surface area contributed by atoms with Crippen molar-refractivity contribution in [3.05, 3.63) is 108 Å². The van der Waals surface area contributed by atoms with E-state index in [0.29, 0.717) is 24.6 Å². The molecule has 4 nitrogen and oxygen atoms in total. The Balaban J connectivity index is 1.53. The van der Waals surface area contributed by atoms with Crippen LogP contribution in [-0.2, 0) is 6.61 Å². The molecule has 1 aromatic heterocycles. The lowest BCUT2D eigenvalue weighted by Gasteiger charge is -2.15. The van der Waals surface area contributed by atoms with Crippen LogP contribution < -0.4 is 10.1 Å². The van der Waals surface area contributed by atoms with E-state index in [4.69, 9.17) is 4.74 Å². The zero-order chi connectivity index (χ0) is 20.8. The van der Waals surface area contributed by atoms with Crippen LogP contribution in [0, 0.1) is 0 Å². The van der Waals surface area contributed by atoms with Crippen molar-refractivity contribution in [2.24, 2.45) is 0 Å². The molecular weight excluding hydrogens is 372 g/mol. The van der Waals surface area contributed by atoms with Gasteiger partial charge in [0, 0.05) is 18.0 Å². The Bertz CT molecular complexity index is 1130. The molecule has 1 heterocycles. The highest BCUT2D eigenvalue weighted by Crippen LogP contribution is 2.23. The fraction of sp³-hybridized carbons (Fsp3) is 0.154. The molecule has 0 saturated carbocycles. The van der Waals surface area contributed by atoms with Crippen LogP contribution in [0.5, 0.6) is 5.88 Å². The van der Waals surface area contributed by atoms with Crippen molar-refractivity contribution in [3.8, 4) is 5.88 Å². The van der Waals surface area contributed by atoms with Gasteiger partial charge < -0.3 is 10.1 Å². The minimum atomic E-state index is -0.124. The van der Waals surface area contributed by atoms with Crippen molar-refractivity contribution in [2.75, 3.05) is 6.54 Å². The second kappa shape index (κ2) is 9.23. The number of rotatable bonds is 7. The summed E-state index contributed by atoms with van der Waals surface area (Å²) in [5.74, 6) is 0.539. The van der Waals surface area contributed by atoms with Crippen LogP contribution in [0.3, 0.4) is 0 Å². The lowest BCUT2D eigenvalue weighted by molar-refractivity contribution is 0.0952. The van der Waals surface area contributed by atoms with Crippen molar-refractivity contribution < 1.29 is 9.53 Å². The molecule has 4 aromatic rings. The highest BCUT2D eigenvalue weighted by Gasteiger charge is 2.15. The second-order valence-corrected chi connectivity index (χ2v) is 7.32. The number of para-hydroxylation sites is 1. The number of carbonyl (C=O) groups excluding carboxylic acids is 1. The maximum absolute atomic E-state index is 13.0. The summed E-state index contributed by atoms with van der Waals surface area (Å²) in [5, 5.41) is 3.88. The first-order valence-electron chi connectivity index (χ1n) is 10.1. The first kappa shape index (κ1) is 19.6. The Morgan fingerprint density at radius 3 is 2.37 bits per heavy atom. The Kier molecular flexibility index (Phi) is 6.04. The lowest BCUT2D eigenvalue weighted by atomic mass is 10.0. The fourth-order valence-corrected chi connectivity index (χ4v) is 3.38. The molecule has 0 radical (unpaired) electrons. The van der Waals surface area contributed by atoms with Gasteiger partial charge in [0.05, 0.1) is 11.1 Å². The maximum atomic E-state index is 13.0. The minimum Gasteiger partial charge on any atom is -0.473 e. The summed E-state index contributed by atoms with van der Waals surface area (Å²) in [4.78, 5) is 17.6. The SMILES string of the molecule is CC(CNC(=O)c1cc(OCc2ccccc2)nc2ccccc12)c1ccccc1. The largest absolute Gasteiger partial charge is 0.473 e. The molecule has 0 aliphatic rings. The van der Waals surface area contributed by atoms with E-state index in [2.05, 4.69) is 29.4 Å².